The Balaban J connectivity index is 1.02. The van der Waals surface area contributed by atoms with Crippen molar-refractivity contribution in [3.05, 3.63) is 300 Å². The van der Waals surface area contributed by atoms with Gasteiger partial charge in [0.15, 0.2) is 0 Å². The van der Waals surface area contributed by atoms with Crippen LogP contribution in [0.15, 0.2) is 267 Å². The van der Waals surface area contributed by atoms with Crippen molar-refractivity contribution in [1.82, 2.24) is 4.57 Å². The quantitative estimate of drug-likeness (QED) is 0.147. The number of fused-ring (bicyclic) bond motifs is 9. The predicted octanol–water partition coefficient (Wildman–Crippen LogP) is 18.3. The molecule has 0 saturated heterocycles. The van der Waals surface area contributed by atoms with Gasteiger partial charge >= 0.3 is 0 Å². The second-order valence-electron chi connectivity index (χ2n) is 20.0. The summed E-state index contributed by atoms with van der Waals surface area (Å²) in [5.74, 6) is 0. The molecule has 2 nitrogen and oxygen atoms in total. The molecule has 0 N–H and O–H groups in total. The van der Waals surface area contributed by atoms with E-state index in [0.717, 1.165) is 22.7 Å². The maximum Gasteiger partial charge on any atom is 0.0714 e. The Kier molecular flexibility index (Phi) is 9.50. The van der Waals surface area contributed by atoms with E-state index in [1.165, 1.54) is 99.7 Å². The van der Waals surface area contributed by atoms with Crippen molar-refractivity contribution < 1.29 is 0 Å². The Morgan fingerprint density at radius 2 is 0.764 bits per heavy atom. The minimum atomic E-state index is -0.664. The van der Waals surface area contributed by atoms with Gasteiger partial charge in [-0.25, -0.2) is 0 Å². The van der Waals surface area contributed by atoms with Gasteiger partial charge in [0.2, 0.25) is 0 Å². The largest absolute Gasteiger partial charge is 0.310 e. The van der Waals surface area contributed by atoms with Crippen molar-refractivity contribution in [2.45, 2.75) is 24.7 Å². The first-order chi connectivity index (χ1) is 35.5. The molecule has 0 bridgehead atoms. The van der Waals surface area contributed by atoms with Crippen LogP contribution >= 0.6 is 0 Å². The van der Waals surface area contributed by atoms with E-state index >= 15 is 0 Å². The highest BCUT2D eigenvalue weighted by atomic mass is 15.1. The Morgan fingerprint density at radius 1 is 0.319 bits per heavy atom. The molecule has 0 radical (unpaired) electrons. The molecule has 1 heterocycles. The average molecular weight is 919 g/mol. The second kappa shape index (κ2) is 16.3. The van der Waals surface area contributed by atoms with Crippen LogP contribution < -0.4 is 4.90 Å². The van der Waals surface area contributed by atoms with E-state index in [-0.39, 0.29) is 5.41 Å². The molecule has 0 amide bonds. The highest BCUT2D eigenvalue weighted by Crippen LogP contribution is 2.58. The first-order valence-corrected chi connectivity index (χ1v) is 25.2. The molecule has 0 aliphatic heterocycles. The molecule has 2 aliphatic rings. The van der Waals surface area contributed by atoms with Crippen LogP contribution in [0.2, 0.25) is 0 Å². The van der Waals surface area contributed by atoms with Crippen LogP contribution in [-0.2, 0) is 10.8 Å². The zero-order valence-electron chi connectivity index (χ0n) is 40.3. The number of aromatic nitrogens is 1. The number of nitrogens with zero attached hydrogens (tertiary/aromatic N) is 2. The van der Waals surface area contributed by atoms with E-state index in [9.17, 15) is 0 Å². The zero-order chi connectivity index (χ0) is 48.0. The van der Waals surface area contributed by atoms with Gasteiger partial charge in [-0.2, -0.15) is 0 Å². The molecule has 0 saturated carbocycles. The van der Waals surface area contributed by atoms with Crippen LogP contribution in [0.5, 0.6) is 0 Å². The predicted molar refractivity (Wildman–Crippen MR) is 301 cm³/mol. The number of para-hydroxylation sites is 3. The Morgan fingerprint density at radius 3 is 1.40 bits per heavy atom. The molecule has 340 valence electrons. The summed E-state index contributed by atoms with van der Waals surface area (Å²) in [6.07, 6.45) is 0. The minimum absolute atomic E-state index is 0.168. The van der Waals surface area contributed by atoms with Gasteiger partial charge in [-0.3, -0.25) is 0 Å². The fraction of sp³-hybridized carbons (Fsp3) is 0.0571. The lowest BCUT2D eigenvalue weighted by Gasteiger charge is -2.35. The van der Waals surface area contributed by atoms with Gasteiger partial charge in [0.25, 0.3) is 0 Å². The molecule has 12 aromatic rings. The maximum absolute atomic E-state index is 2.51. The topological polar surface area (TPSA) is 8.17 Å². The normalized spacial score (nSPS) is 15.0. The third kappa shape index (κ3) is 6.22. The lowest BCUT2D eigenvalue weighted by molar-refractivity contribution is 0.660. The fourth-order valence-electron chi connectivity index (χ4n) is 12.6. The van der Waals surface area contributed by atoms with Crippen LogP contribution in [-0.4, -0.2) is 4.57 Å². The van der Waals surface area contributed by atoms with Crippen LogP contribution in [0.3, 0.4) is 0 Å². The van der Waals surface area contributed by atoms with Crippen molar-refractivity contribution in [3.8, 4) is 50.2 Å². The molecule has 14 rings (SSSR count). The smallest absolute Gasteiger partial charge is 0.0714 e. The van der Waals surface area contributed by atoms with Gasteiger partial charge in [0.1, 0.15) is 0 Å². The summed E-state index contributed by atoms with van der Waals surface area (Å²) in [5.41, 5.74) is 23.6. The third-order valence-electron chi connectivity index (χ3n) is 15.9. The molecular formula is C70H50N2. The lowest BCUT2D eigenvalue weighted by Crippen LogP contribution is -2.29. The molecule has 0 fully saturated rings. The molecule has 1 unspecified atom stereocenters. The van der Waals surface area contributed by atoms with Gasteiger partial charge in [0, 0.05) is 38.8 Å². The molecule has 1 atom stereocenters. The Labute approximate surface area is 421 Å². The number of anilines is 3. The standard InChI is InChI=1S/C70H50N2/c1-69(2)62-28-14-9-24-56(62)58-43-41-53(45-64(58)69)71(66-30-16-11-23-55(66)49-21-7-4-8-22-49)54-42-44-59-57-25-10-15-29-63(57)70(65(59)46-54,50-35-33-48(34-36-50)47-19-5-3-6-20-47)51-37-39-52(40-38-51)72-67-31-17-12-26-60(67)61-27-13-18-32-68(61)72/h3-46H,1-2H3. The highest BCUT2D eigenvalue weighted by Gasteiger charge is 2.47. The van der Waals surface area contributed by atoms with Crippen LogP contribution in [0.25, 0.3) is 72.0 Å². The van der Waals surface area contributed by atoms with Crippen molar-refractivity contribution in [2.75, 3.05) is 4.90 Å². The molecule has 2 aliphatic carbocycles. The second-order valence-corrected chi connectivity index (χ2v) is 20.0. The Bertz CT molecular complexity index is 4000. The highest BCUT2D eigenvalue weighted by molar-refractivity contribution is 6.09. The molecule has 11 aromatic carbocycles. The molecule has 2 heteroatoms. The molecule has 72 heavy (non-hydrogen) atoms. The van der Waals surface area contributed by atoms with Crippen molar-refractivity contribution in [1.29, 1.82) is 0 Å². The number of benzene rings is 11. The summed E-state index contributed by atoms with van der Waals surface area (Å²) in [4.78, 5) is 2.51. The van der Waals surface area contributed by atoms with Crippen molar-refractivity contribution in [2.24, 2.45) is 0 Å². The number of rotatable bonds is 8. The maximum atomic E-state index is 2.51. The van der Waals surface area contributed by atoms with Gasteiger partial charge in [-0.1, -0.05) is 226 Å². The van der Waals surface area contributed by atoms with E-state index in [2.05, 4.69) is 290 Å². The summed E-state index contributed by atoms with van der Waals surface area (Å²) in [6, 6.07) is 99.3. The minimum Gasteiger partial charge on any atom is -0.310 e. The van der Waals surface area contributed by atoms with Gasteiger partial charge in [-0.05, 0) is 127 Å². The summed E-state index contributed by atoms with van der Waals surface area (Å²) in [6.45, 7) is 4.75. The van der Waals surface area contributed by atoms with Gasteiger partial charge in [0.05, 0.1) is 22.1 Å². The molecule has 0 spiro atoms. The van der Waals surface area contributed by atoms with Crippen LogP contribution in [0, 0.1) is 0 Å². The average Bonchev–Trinajstić information content (AvgIpc) is 4.02. The zero-order valence-corrected chi connectivity index (χ0v) is 40.3. The molecule has 1 aromatic heterocycles. The monoisotopic (exact) mass is 918 g/mol. The number of hydrogen-bond acceptors (Lipinski definition) is 1. The van der Waals surface area contributed by atoms with Gasteiger partial charge in [-0.15, -0.1) is 0 Å². The Hall–Kier alpha value is -8.98. The van der Waals surface area contributed by atoms with Crippen LogP contribution in [0.1, 0.15) is 47.2 Å². The first-order valence-electron chi connectivity index (χ1n) is 25.2. The van der Waals surface area contributed by atoms with E-state index < -0.39 is 5.41 Å². The fourth-order valence-corrected chi connectivity index (χ4v) is 12.6. The summed E-state index contributed by atoms with van der Waals surface area (Å²) < 4.78 is 2.42. The van der Waals surface area contributed by atoms with E-state index in [1.54, 1.807) is 0 Å². The molecular weight excluding hydrogens is 869 g/mol. The first kappa shape index (κ1) is 41.9. The van der Waals surface area contributed by atoms with E-state index in [1.807, 2.05) is 0 Å². The summed E-state index contributed by atoms with van der Waals surface area (Å²) >= 11 is 0. The van der Waals surface area contributed by atoms with E-state index in [4.69, 9.17) is 0 Å². The SMILES string of the molecule is CC1(C)c2ccccc2-c2ccc(N(c3ccc4c(c3)C(c3ccc(-c5ccccc5)cc3)(c3ccc(-n5c6ccccc6c6ccccc65)cc3)c3ccccc3-4)c3ccccc3-c3ccccc3)cc21. The third-order valence-corrected chi connectivity index (χ3v) is 15.9. The van der Waals surface area contributed by atoms with E-state index in [0.29, 0.717) is 0 Å². The number of hydrogen-bond donors (Lipinski definition) is 0. The summed E-state index contributed by atoms with van der Waals surface area (Å²) in [5, 5.41) is 2.52. The summed E-state index contributed by atoms with van der Waals surface area (Å²) in [7, 11) is 0. The van der Waals surface area contributed by atoms with Gasteiger partial charge < -0.3 is 9.47 Å². The van der Waals surface area contributed by atoms with Crippen molar-refractivity contribution >= 4 is 38.9 Å². The lowest BCUT2D eigenvalue weighted by atomic mass is 9.67. The van der Waals surface area contributed by atoms with Crippen molar-refractivity contribution in [3.63, 3.8) is 0 Å². The van der Waals surface area contributed by atoms with Crippen LogP contribution in [0.4, 0.5) is 17.1 Å².